The molecular formula is C20H16Cl2N2O. The van der Waals surface area contributed by atoms with E-state index in [9.17, 15) is 4.79 Å². The van der Waals surface area contributed by atoms with Gasteiger partial charge in [-0.3, -0.25) is 4.79 Å². The topological polar surface area (TPSA) is 25.2 Å². The molecule has 2 heterocycles. The summed E-state index contributed by atoms with van der Waals surface area (Å²) in [6.45, 7) is 1.28. The lowest BCUT2D eigenvalue weighted by atomic mass is 10.1. The quantitative estimate of drug-likeness (QED) is 0.602. The Morgan fingerprint density at radius 1 is 0.960 bits per heavy atom. The number of fused-ring (bicyclic) bond motifs is 1. The molecule has 0 aliphatic carbocycles. The maximum absolute atomic E-state index is 12.6. The Morgan fingerprint density at radius 3 is 2.52 bits per heavy atom. The molecule has 25 heavy (non-hydrogen) atoms. The second-order valence-electron chi connectivity index (χ2n) is 6.09. The average Bonchev–Trinajstić information content (AvgIpc) is 3.04. The van der Waals surface area contributed by atoms with Gasteiger partial charge in [0.25, 0.3) is 0 Å². The predicted octanol–water partition coefficient (Wildman–Crippen LogP) is 5.57. The van der Waals surface area contributed by atoms with Crippen molar-refractivity contribution in [1.29, 1.82) is 0 Å². The van der Waals surface area contributed by atoms with Crippen LogP contribution in [0.5, 0.6) is 0 Å². The molecule has 0 bridgehead atoms. The summed E-state index contributed by atoms with van der Waals surface area (Å²) in [5, 5.41) is 1.06. The average molecular weight is 371 g/mol. The molecule has 0 amide bonds. The van der Waals surface area contributed by atoms with Gasteiger partial charge in [0, 0.05) is 31.4 Å². The number of carbonyl (C=O) groups is 1. The Kier molecular flexibility index (Phi) is 4.28. The van der Waals surface area contributed by atoms with Crippen LogP contribution in [0.25, 0.3) is 0 Å². The minimum Gasteiger partial charge on any atom is -0.339 e. The van der Waals surface area contributed by atoms with Crippen LogP contribution in [0.15, 0.2) is 60.8 Å². The summed E-state index contributed by atoms with van der Waals surface area (Å²) in [5.74, 6) is 0.173. The molecule has 0 fully saturated rings. The van der Waals surface area contributed by atoms with Crippen LogP contribution >= 0.6 is 23.2 Å². The summed E-state index contributed by atoms with van der Waals surface area (Å²) in [5.41, 5.74) is 3.82. The van der Waals surface area contributed by atoms with Crippen LogP contribution in [-0.2, 0) is 6.54 Å². The van der Waals surface area contributed by atoms with Gasteiger partial charge in [-0.05, 0) is 35.9 Å². The summed E-state index contributed by atoms with van der Waals surface area (Å²) >= 11 is 12.1. The first-order chi connectivity index (χ1) is 12.1. The van der Waals surface area contributed by atoms with Crippen molar-refractivity contribution in [3.05, 3.63) is 82.1 Å². The number of nitrogens with zero attached hydrogens (tertiary/aromatic N) is 2. The number of carbonyl (C=O) groups excluding carboxylic acids is 1. The smallest absolute Gasteiger partial charge is 0.183 e. The first kappa shape index (κ1) is 16.2. The fourth-order valence-corrected chi connectivity index (χ4v) is 3.60. The Bertz CT molecular complexity index is 934. The molecule has 3 aromatic rings. The van der Waals surface area contributed by atoms with E-state index in [2.05, 4.69) is 17.0 Å². The van der Waals surface area contributed by atoms with E-state index in [1.165, 1.54) is 0 Å². The summed E-state index contributed by atoms with van der Waals surface area (Å²) < 4.78 is 1.99. The third-order valence-corrected chi connectivity index (χ3v) is 5.20. The van der Waals surface area contributed by atoms with Crippen molar-refractivity contribution in [2.24, 2.45) is 0 Å². The molecule has 1 aliphatic rings. The highest BCUT2D eigenvalue weighted by Crippen LogP contribution is 2.34. The summed E-state index contributed by atoms with van der Waals surface area (Å²) in [6.07, 6.45) is 2.47. The fourth-order valence-electron chi connectivity index (χ4n) is 3.28. The molecule has 0 N–H and O–H groups in total. The van der Waals surface area contributed by atoms with Crippen molar-refractivity contribution in [2.45, 2.75) is 13.0 Å². The predicted molar refractivity (Wildman–Crippen MR) is 102 cm³/mol. The largest absolute Gasteiger partial charge is 0.339 e. The second kappa shape index (κ2) is 6.58. The van der Waals surface area contributed by atoms with Crippen LogP contribution in [0.4, 0.5) is 11.4 Å². The molecule has 126 valence electrons. The molecule has 2 aromatic carbocycles. The van der Waals surface area contributed by atoms with Crippen molar-refractivity contribution in [2.75, 3.05) is 11.4 Å². The first-order valence-corrected chi connectivity index (χ1v) is 8.88. The number of ketones is 1. The first-order valence-electron chi connectivity index (χ1n) is 8.12. The van der Waals surface area contributed by atoms with E-state index < -0.39 is 0 Å². The van der Waals surface area contributed by atoms with Crippen LogP contribution < -0.4 is 4.90 Å². The Hall–Kier alpha value is -2.23. The Balaban J connectivity index is 1.71. The monoisotopic (exact) mass is 370 g/mol. The number of hydrogen-bond donors (Lipinski definition) is 0. The highest BCUT2D eigenvalue weighted by molar-refractivity contribution is 6.42. The van der Waals surface area contributed by atoms with Gasteiger partial charge in [-0.15, -0.1) is 0 Å². The van der Waals surface area contributed by atoms with Crippen LogP contribution in [0.1, 0.15) is 22.5 Å². The van der Waals surface area contributed by atoms with E-state index in [-0.39, 0.29) is 5.78 Å². The Morgan fingerprint density at radius 2 is 1.76 bits per heavy atom. The number of aromatic nitrogens is 1. The number of rotatable bonds is 3. The molecule has 0 unspecified atom stereocenters. The van der Waals surface area contributed by atoms with E-state index in [4.69, 9.17) is 23.2 Å². The zero-order valence-electron chi connectivity index (χ0n) is 13.5. The number of anilines is 2. The third-order valence-electron chi connectivity index (χ3n) is 4.46. The molecule has 1 aromatic heterocycles. The zero-order valence-corrected chi connectivity index (χ0v) is 15.0. The second-order valence-corrected chi connectivity index (χ2v) is 6.90. The fraction of sp³-hybridized carbons (Fsp3) is 0.150. The Labute approximate surface area is 156 Å². The van der Waals surface area contributed by atoms with Crippen LogP contribution in [-0.4, -0.2) is 16.9 Å². The third kappa shape index (κ3) is 3.06. The highest BCUT2D eigenvalue weighted by atomic mass is 35.5. The van der Waals surface area contributed by atoms with Crippen molar-refractivity contribution in [3.63, 3.8) is 0 Å². The molecule has 3 nitrogen and oxygen atoms in total. The molecule has 0 radical (unpaired) electrons. The van der Waals surface area contributed by atoms with Gasteiger partial charge in [0.15, 0.2) is 5.78 Å². The van der Waals surface area contributed by atoms with Gasteiger partial charge >= 0.3 is 0 Å². The number of benzene rings is 2. The van der Waals surface area contributed by atoms with E-state index in [0.717, 1.165) is 22.6 Å². The lowest BCUT2D eigenvalue weighted by Crippen LogP contribution is -2.28. The van der Waals surface area contributed by atoms with Crippen LogP contribution in [0.2, 0.25) is 10.0 Å². The number of Topliss-reactive ketones (excluding diaryl/α,β-unsaturated/α-hetero) is 1. The lowest BCUT2D eigenvalue weighted by molar-refractivity contribution is 0.0972. The lowest BCUT2D eigenvalue weighted by Gasteiger charge is -2.29. The molecular weight excluding hydrogens is 355 g/mol. The van der Waals surface area contributed by atoms with Crippen LogP contribution in [0, 0.1) is 0 Å². The van der Waals surface area contributed by atoms with Crippen molar-refractivity contribution in [3.8, 4) is 0 Å². The highest BCUT2D eigenvalue weighted by Gasteiger charge is 2.27. The summed E-state index contributed by atoms with van der Waals surface area (Å²) in [6, 6.07) is 17.7. The zero-order chi connectivity index (χ0) is 17.4. The maximum atomic E-state index is 12.6. The molecule has 4 rings (SSSR count). The molecule has 0 spiro atoms. The standard InChI is InChI=1S/C20H16Cl2N2O/c21-16-7-6-14(12-17(16)22)13-23-10-8-18-20(23)19(25)9-11-24(18)15-4-2-1-3-5-15/h1-8,10,12H,9,11,13H2. The molecule has 0 atom stereocenters. The summed E-state index contributed by atoms with van der Waals surface area (Å²) in [4.78, 5) is 14.8. The van der Waals surface area contributed by atoms with E-state index >= 15 is 0 Å². The minimum absolute atomic E-state index is 0.173. The van der Waals surface area contributed by atoms with E-state index in [1.807, 2.05) is 47.2 Å². The number of para-hydroxylation sites is 1. The van der Waals surface area contributed by atoms with Gasteiger partial charge in [0.2, 0.25) is 0 Å². The van der Waals surface area contributed by atoms with E-state index in [1.54, 1.807) is 6.07 Å². The maximum Gasteiger partial charge on any atom is 0.183 e. The van der Waals surface area contributed by atoms with Gasteiger partial charge in [-0.25, -0.2) is 0 Å². The van der Waals surface area contributed by atoms with Gasteiger partial charge in [0.1, 0.15) is 5.69 Å². The molecule has 1 aliphatic heterocycles. The van der Waals surface area contributed by atoms with Gasteiger partial charge in [-0.1, -0.05) is 47.5 Å². The van der Waals surface area contributed by atoms with Crippen molar-refractivity contribution < 1.29 is 4.79 Å². The molecule has 5 heteroatoms. The van der Waals surface area contributed by atoms with Crippen molar-refractivity contribution in [1.82, 2.24) is 4.57 Å². The normalized spacial score (nSPS) is 13.8. The van der Waals surface area contributed by atoms with Crippen molar-refractivity contribution >= 4 is 40.4 Å². The minimum atomic E-state index is 0.173. The van der Waals surface area contributed by atoms with Gasteiger partial charge in [0.05, 0.1) is 15.7 Å². The summed E-state index contributed by atoms with van der Waals surface area (Å²) in [7, 11) is 0. The molecule has 0 saturated carbocycles. The SMILES string of the molecule is O=C1CCN(c2ccccc2)c2ccn(Cc3ccc(Cl)c(Cl)c3)c21. The van der Waals surface area contributed by atoms with Crippen LogP contribution in [0.3, 0.4) is 0 Å². The van der Waals surface area contributed by atoms with Gasteiger partial charge in [-0.2, -0.15) is 0 Å². The van der Waals surface area contributed by atoms with Gasteiger partial charge < -0.3 is 9.47 Å². The number of halogens is 2. The van der Waals surface area contributed by atoms with E-state index in [0.29, 0.717) is 29.6 Å². The molecule has 0 saturated heterocycles. The number of hydrogen-bond acceptors (Lipinski definition) is 2.